The van der Waals surface area contributed by atoms with Crippen molar-refractivity contribution >= 4 is 22.6 Å². The van der Waals surface area contributed by atoms with Gasteiger partial charge in [0.1, 0.15) is 6.04 Å². The summed E-state index contributed by atoms with van der Waals surface area (Å²) in [5.74, 6) is -1.32. The highest BCUT2D eigenvalue weighted by Gasteiger charge is 2.43. The summed E-state index contributed by atoms with van der Waals surface area (Å²) in [6.07, 6.45) is -0.318. The summed E-state index contributed by atoms with van der Waals surface area (Å²) >= 11 is 0. The molecule has 0 radical (unpaired) electrons. The van der Waals surface area contributed by atoms with Crippen LogP contribution in [-0.4, -0.2) is 46.5 Å². The summed E-state index contributed by atoms with van der Waals surface area (Å²) in [5, 5.41) is 9.44. The molecular formula is C18H41NO4Si2. The van der Waals surface area contributed by atoms with Gasteiger partial charge in [-0.1, -0.05) is 48.5 Å². The zero-order valence-electron chi connectivity index (χ0n) is 18.2. The zero-order valence-corrected chi connectivity index (χ0v) is 20.2. The molecule has 0 aliphatic heterocycles. The Morgan fingerprint density at radius 3 is 1.72 bits per heavy atom. The van der Waals surface area contributed by atoms with Crippen LogP contribution in [0.3, 0.4) is 0 Å². The van der Waals surface area contributed by atoms with Crippen LogP contribution in [0.5, 0.6) is 0 Å². The van der Waals surface area contributed by atoms with E-state index in [0.29, 0.717) is 6.61 Å². The smallest absolute Gasteiger partial charge is 0.320 e. The molecule has 7 heteroatoms. The van der Waals surface area contributed by atoms with Crippen molar-refractivity contribution in [3.63, 3.8) is 0 Å². The van der Waals surface area contributed by atoms with Gasteiger partial charge < -0.3 is 19.7 Å². The highest BCUT2D eigenvalue weighted by Crippen LogP contribution is 2.40. The van der Waals surface area contributed by atoms with E-state index in [1.165, 1.54) is 0 Å². The topological polar surface area (TPSA) is 81.8 Å². The number of carbonyl (C=O) groups is 1. The monoisotopic (exact) mass is 391 g/mol. The Hall–Kier alpha value is -0.216. The molecule has 0 aliphatic rings. The minimum atomic E-state index is -2.07. The molecule has 0 fully saturated rings. The fourth-order valence-electron chi connectivity index (χ4n) is 1.81. The first-order chi connectivity index (χ1) is 10.8. The first kappa shape index (κ1) is 24.8. The van der Waals surface area contributed by atoms with Crippen molar-refractivity contribution in [2.24, 2.45) is 11.7 Å². The molecular weight excluding hydrogens is 350 g/mol. The SMILES string of the molecule is C[C@@H](C(CO[Si](C)(C)C(C)(C)C)O[Si](C)(C)C(C)(C)C)[C@H](N)C(=O)O. The molecule has 3 N–H and O–H groups in total. The normalized spacial score (nSPS) is 17.9. The Labute approximate surface area is 156 Å². The van der Waals surface area contributed by atoms with Gasteiger partial charge in [-0.25, -0.2) is 0 Å². The van der Waals surface area contributed by atoms with Gasteiger partial charge >= 0.3 is 5.97 Å². The van der Waals surface area contributed by atoms with Crippen LogP contribution in [0.15, 0.2) is 0 Å². The van der Waals surface area contributed by atoms with Gasteiger partial charge in [-0.15, -0.1) is 0 Å². The van der Waals surface area contributed by atoms with Crippen molar-refractivity contribution in [1.82, 2.24) is 0 Å². The highest BCUT2D eigenvalue weighted by molar-refractivity contribution is 6.74. The zero-order chi connectivity index (χ0) is 20.4. The van der Waals surface area contributed by atoms with Crippen LogP contribution in [-0.2, 0) is 13.6 Å². The van der Waals surface area contributed by atoms with E-state index in [1.54, 1.807) is 0 Å². The van der Waals surface area contributed by atoms with E-state index < -0.39 is 28.6 Å². The summed E-state index contributed by atoms with van der Waals surface area (Å²) in [6.45, 7) is 24.1. The van der Waals surface area contributed by atoms with Gasteiger partial charge in [-0.3, -0.25) is 4.79 Å². The Balaban J connectivity index is 5.46. The maximum Gasteiger partial charge on any atom is 0.320 e. The number of hydrogen-bond acceptors (Lipinski definition) is 4. The maximum absolute atomic E-state index is 11.4. The fourth-order valence-corrected chi connectivity index (χ4v) is 4.22. The van der Waals surface area contributed by atoms with Crippen LogP contribution in [0.4, 0.5) is 0 Å². The van der Waals surface area contributed by atoms with Crippen molar-refractivity contribution in [2.75, 3.05) is 6.61 Å². The second-order valence-electron chi connectivity index (χ2n) is 10.2. The Morgan fingerprint density at radius 1 is 1.00 bits per heavy atom. The highest BCUT2D eigenvalue weighted by atomic mass is 28.4. The van der Waals surface area contributed by atoms with E-state index in [2.05, 4.69) is 67.7 Å². The average Bonchev–Trinajstić information content (AvgIpc) is 2.38. The first-order valence-electron chi connectivity index (χ1n) is 9.13. The lowest BCUT2D eigenvalue weighted by Gasteiger charge is -2.43. The third-order valence-electron chi connectivity index (χ3n) is 6.10. The number of rotatable bonds is 8. The lowest BCUT2D eigenvalue weighted by molar-refractivity contribution is -0.141. The van der Waals surface area contributed by atoms with Gasteiger partial charge in [0.05, 0.1) is 12.7 Å². The predicted molar refractivity (Wildman–Crippen MR) is 110 cm³/mol. The van der Waals surface area contributed by atoms with Crippen LogP contribution in [0.1, 0.15) is 48.5 Å². The summed E-state index contributed by atoms with van der Waals surface area (Å²) in [4.78, 5) is 11.4. The number of nitrogens with two attached hydrogens (primary N) is 1. The molecule has 1 unspecified atom stereocenters. The number of hydrogen-bond donors (Lipinski definition) is 2. The van der Waals surface area contributed by atoms with Crippen LogP contribution >= 0.6 is 0 Å². The van der Waals surface area contributed by atoms with E-state index in [-0.39, 0.29) is 22.1 Å². The van der Waals surface area contributed by atoms with Gasteiger partial charge in [0.15, 0.2) is 16.6 Å². The lowest BCUT2D eigenvalue weighted by Crippen LogP contribution is -2.53. The molecule has 150 valence electrons. The number of carboxylic acid groups (broad SMARTS) is 1. The van der Waals surface area contributed by atoms with Gasteiger partial charge in [0.2, 0.25) is 0 Å². The third kappa shape index (κ3) is 6.79. The summed E-state index contributed by atoms with van der Waals surface area (Å²) in [7, 11) is -4.02. The maximum atomic E-state index is 11.4. The lowest BCUT2D eigenvalue weighted by atomic mass is 9.97. The minimum Gasteiger partial charge on any atom is -0.480 e. The second kappa shape index (κ2) is 8.21. The van der Waals surface area contributed by atoms with Crippen LogP contribution in [0.25, 0.3) is 0 Å². The van der Waals surface area contributed by atoms with Crippen LogP contribution < -0.4 is 5.73 Å². The summed E-state index contributed by atoms with van der Waals surface area (Å²) < 4.78 is 12.9. The molecule has 0 amide bonds. The van der Waals surface area contributed by atoms with Crippen LogP contribution in [0.2, 0.25) is 36.3 Å². The largest absolute Gasteiger partial charge is 0.480 e. The minimum absolute atomic E-state index is 0.0370. The molecule has 3 atom stereocenters. The molecule has 0 aliphatic carbocycles. The van der Waals surface area contributed by atoms with E-state index in [4.69, 9.17) is 14.6 Å². The fraction of sp³-hybridized carbons (Fsp3) is 0.944. The molecule has 0 spiro atoms. The summed E-state index contributed by atoms with van der Waals surface area (Å²) in [5.41, 5.74) is 5.91. The van der Waals surface area contributed by atoms with Gasteiger partial charge in [-0.05, 0) is 36.3 Å². The average molecular weight is 392 g/mol. The van der Waals surface area contributed by atoms with Gasteiger partial charge in [0.25, 0.3) is 0 Å². The van der Waals surface area contributed by atoms with Crippen LogP contribution in [0, 0.1) is 5.92 Å². The number of aliphatic carboxylic acids is 1. The third-order valence-corrected chi connectivity index (χ3v) is 15.1. The molecule has 0 saturated heterocycles. The predicted octanol–water partition coefficient (Wildman–Crippen LogP) is 4.45. The van der Waals surface area contributed by atoms with E-state index in [1.807, 2.05) is 6.92 Å². The van der Waals surface area contributed by atoms with E-state index in [9.17, 15) is 9.90 Å². The first-order valence-corrected chi connectivity index (χ1v) is 15.0. The Kier molecular flexibility index (Phi) is 8.14. The van der Waals surface area contributed by atoms with Gasteiger partial charge in [0, 0.05) is 5.92 Å². The Bertz CT molecular complexity index is 453. The molecule has 0 aromatic heterocycles. The van der Waals surface area contributed by atoms with E-state index in [0.717, 1.165) is 0 Å². The molecule has 0 bridgehead atoms. The van der Waals surface area contributed by atoms with E-state index >= 15 is 0 Å². The van der Waals surface area contributed by atoms with Crippen molar-refractivity contribution in [3.8, 4) is 0 Å². The van der Waals surface area contributed by atoms with Gasteiger partial charge in [-0.2, -0.15) is 0 Å². The van der Waals surface area contributed by atoms with Crippen molar-refractivity contribution < 1.29 is 18.8 Å². The number of carboxylic acids is 1. The van der Waals surface area contributed by atoms with Crippen molar-refractivity contribution in [2.45, 2.75) is 96.9 Å². The quantitative estimate of drug-likeness (QED) is 0.597. The molecule has 0 saturated carbocycles. The van der Waals surface area contributed by atoms with Crippen molar-refractivity contribution in [1.29, 1.82) is 0 Å². The molecule has 25 heavy (non-hydrogen) atoms. The molecule has 0 aromatic rings. The Morgan fingerprint density at radius 2 is 1.40 bits per heavy atom. The molecule has 0 rings (SSSR count). The summed E-state index contributed by atoms with van der Waals surface area (Å²) in [6, 6.07) is -0.960. The molecule has 0 aromatic carbocycles. The second-order valence-corrected chi connectivity index (χ2v) is 19.8. The molecule has 5 nitrogen and oxygen atoms in total. The van der Waals surface area contributed by atoms with Crippen molar-refractivity contribution in [3.05, 3.63) is 0 Å². The molecule has 0 heterocycles. The standard InChI is InChI=1S/C18H41NO4Si2/c1-13(15(19)16(20)21)14(23-25(10,11)18(5,6)7)12-22-24(8,9)17(2,3)4/h13-15H,12,19H2,1-11H3,(H,20,21)/t13-,14?,15-/m0/s1.